The molecule has 0 amide bonds. The summed E-state index contributed by atoms with van der Waals surface area (Å²) in [5.41, 5.74) is 4.50. The molecule has 0 aliphatic carbocycles. The van der Waals surface area contributed by atoms with Gasteiger partial charge < -0.3 is 32.9 Å². The Morgan fingerprint density at radius 3 is 1.32 bits per heavy atom. The topological polar surface area (TPSA) is 129 Å². The third-order valence-electron chi connectivity index (χ3n) is 6.09. The Hall–Kier alpha value is -0.330. The van der Waals surface area contributed by atoms with E-state index in [0.717, 1.165) is 22.3 Å². The van der Waals surface area contributed by atoms with Crippen LogP contribution in [0.15, 0.2) is 0 Å². The second-order valence-corrected chi connectivity index (χ2v) is 15.8. The van der Waals surface area contributed by atoms with Gasteiger partial charge in [-0.05, 0) is 68.0 Å². The summed E-state index contributed by atoms with van der Waals surface area (Å²) in [6, 6.07) is 0. The summed E-state index contributed by atoms with van der Waals surface area (Å²) in [4.78, 5) is 0. The first-order chi connectivity index (χ1) is 15.9. The molecule has 1 aromatic carbocycles. The van der Waals surface area contributed by atoms with E-state index in [2.05, 4.69) is 0 Å². The monoisotopic (exact) mass is 542 g/mol. The van der Waals surface area contributed by atoms with Gasteiger partial charge in [-0.2, -0.15) is 0 Å². The molecule has 9 nitrogen and oxygen atoms in total. The molecular formula is C22H41O9P3. The van der Waals surface area contributed by atoms with Crippen molar-refractivity contribution in [1.29, 1.82) is 0 Å². The van der Waals surface area contributed by atoms with Gasteiger partial charge in [0.25, 0.3) is 0 Å². The molecule has 0 heterocycles. The fourth-order valence-electron chi connectivity index (χ4n) is 4.14. The normalized spacial score (nSPS) is 13.0. The van der Waals surface area contributed by atoms with Crippen LogP contribution in [0.1, 0.15) is 47.2 Å². The third-order valence-corrected chi connectivity index (χ3v) is 12.8. The van der Waals surface area contributed by atoms with Crippen molar-refractivity contribution in [3.63, 3.8) is 0 Å². The zero-order chi connectivity index (χ0) is 26.2. The van der Waals surface area contributed by atoms with E-state index in [4.69, 9.17) is 18.1 Å². The second kappa shape index (κ2) is 13.8. The summed E-state index contributed by atoms with van der Waals surface area (Å²) in [6.07, 6.45) is 0.285. The zero-order valence-corrected chi connectivity index (χ0v) is 24.1. The van der Waals surface area contributed by atoms with Gasteiger partial charge in [0.15, 0.2) is 0 Å². The van der Waals surface area contributed by atoms with Gasteiger partial charge in [0.05, 0.1) is 32.7 Å². The fraction of sp³-hybridized carbons (Fsp3) is 0.727. The van der Waals surface area contributed by atoms with Crippen molar-refractivity contribution in [2.75, 3.05) is 53.0 Å². The van der Waals surface area contributed by atoms with Crippen LogP contribution in [0.2, 0.25) is 0 Å². The number of hydrogen-bond acceptors (Lipinski definition) is 9. The molecule has 0 unspecified atom stereocenters. The predicted octanol–water partition coefficient (Wildman–Crippen LogP) is 5.21. The van der Waals surface area contributed by atoms with Crippen LogP contribution >= 0.6 is 22.3 Å². The fourth-order valence-corrected chi connectivity index (χ4v) is 9.63. The van der Waals surface area contributed by atoms with E-state index in [0.29, 0.717) is 11.1 Å². The van der Waals surface area contributed by atoms with Crippen LogP contribution in [-0.2, 0) is 50.3 Å². The highest BCUT2D eigenvalue weighted by Crippen LogP contribution is 2.56. The molecule has 0 aromatic heterocycles. The highest BCUT2D eigenvalue weighted by molar-refractivity contribution is 7.63. The van der Waals surface area contributed by atoms with Gasteiger partial charge in [0.2, 0.25) is 0 Å². The average molecular weight is 542 g/mol. The minimum Gasteiger partial charge on any atom is -0.396 e. The molecule has 0 fully saturated rings. The van der Waals surface area contributed by atoms with Gasteiger partial charge in [0, 0.05) is 45.9 Å². The van der Waals surface area contributed by atoms with Crippen molar-refractivity contribution in [2.45, 2.75) is 53.1 Å². The molecule has 0 spiro atoms. The molecule has 0 atom stereocenters. The Kier molecular flexibility index (Phi) is 12.9. The first-order valence-corrected chi connectivity index (χ1v) is 17.1. The largest absolute Gasteiger partial charge is 0.396 e. The lowest BCUT2D eigenvalue weighted by atomic mass is 9.90. The zero-order valence-electron chi connectivity index (χ0n) is 21.5. The summed E-state index contributed by atoms with van der Waals surface area (Å²) in [5.74, 6) is 0. The highest BCUT2D eigenvalue weighted by atomic mass is 31.2. The van der Waals surface area contributed by atoms with Gasteiger partial charge in [-0.1, -0.05) is 0 Å². The Balaban J connectivity index is 3.84. The van der Waals surface area contributed by atoms with E-state index in [1.54, 1.807) is 13.8 Å². The summed E-state index contributed by atoms with van der Waals surface area (Å²) < 4.78 is 61.4. The number of benzene rings is 1. The summed E-state index contributed by atoms with van der Waals surface area (Å²) in [7, 11) is -7.23. The second-order valence-electron chi connectivity index (χ2n) is 8.16. The van der Waals surface area contributed by atoms with Gasteiger partial charge >= 0.3 is 15.2 Å². The maximum absolute atomic E-state index is 13.6. The highest BCUT2D eigenvalue weighted by Gasteiger charge is 2.33. The predicted molar refractivity (Wildman–Crippen MR) is 136 cm³/mol. The Morgan fingerprint density at radius 1 is 0.647 bits per heavy atom. The van der Waals surface area contributed by atoms with Crippen LogP contribution in [0.25, 0.3) is 0 Å². The summed E-state index contributed by atoms with van der Waals surface area (Å²) in [5, 5.41) is 19.0. The van der Waals surface area contributed by atoms with E-state index in [1.165, 1.54) is 14.2 Å². The van der Waals surface area contributed by atoms with Crippen LogP contribution in [0.3, 0.4) is 0 Å². The van der Waals surface area contributed by atoms with Crippen LogP contribution in [0.5, 0.6) is 0 Å². The lowest BCUT2D eigenvalue weighted by Crippen LogP contribution is -2.13. The molecule has 0 radical (unpaired) electrons. The maximum Gasteiger partial charge on any atom is 0.335 e. The summed E-state index contributed by atoms with van der Waals surface area (Å²) >= 11 is 0. The van der Waals surface area contributed by atoms with Crippen LogP contribution in [0, 0.1) is 20.8 Å². The van der Waals surface area contributed by atoms with Crippen LogP contribution in [0.4, 0.5) is 0 Å². The standard InChI is InChI=1S/C22H41O9P3/c1-8-30-34(27,31-9-2)16-22-18(4)20(14-32(25,12-10-23)13-11-24)17(3)21(19(22)5)15-33(26,28-6)29-7/h23-24H,8-16H2,1-7H3. The molecule has 198 valence electrons. The minimum absolute atomic E-state index is 0.00118. The molecule has 0 aliphatic rings. The summed E-state index contributed by atoms with van der Waals surface area (Å²) in [6.45, 7) is 8.98. The van der Waals surface area contributed by atoms with Crippen LogP contribution in [-0.4, -0.2) is 63.2 Å². The van der Waals surface area contributed by atoms with Crippen molar-refractivity contribution in [2.24, 2.45) is 0 Å². The molecule has 34 heavy (non-hydrogen) atoms. The van der Waals surface area contributed by atoms with Crippen LogP contribution < -0.4 is 0 Å². The molecule has 1 aromatic rings. The molecule has 0 bridgehead atoms. The molecule has 0 saturated heterocycles. The van der Waals surface area contributed by atoms with E-state index < -0.39 is 22.3 Å². The van der Waals surface area contributed by atoms with Gasteiger partial charge in [-0.3, -0.25) is 9.13 Å². The Morgan fingerprint density at radius 2 is 1.00 bits per heavy atom. The minimum atomic E-state index is -3.47. The number of hydrogen-bond donors (Lipinski definition) is 2. The Bertz CT molecular complexity index is 874. The van der Waals surface area contributed by atoms with Crippen molar-refractivity contribution in [1.82, 2.24) is 0 Å². The number of aliphatic hydroxyl groups is 2. The molecule has 0 saturated carbocycles. The molecule has 0 aliphatic heterocycles. The van der Waals surface area contributed by atoms with E-state index >= 15 is 0 Å². The smallest absolute Gasteiger partial charge is 0.335 e. The molecular weight excluding hydrogens is 501 g/mol. The van der Waals surface area contributed by atoms with Crippen molar-refractivity contribution >= 4 is 22.3 Å². The number of aliphatic hydroxyl groups excluding tert-OH is 2. The van der Waals surface area contributed by atoms with Crippen molar-refractivity contribution in [3.05, 3.63) is 33.4 Å². The number of rotatable bonds is 16. The third kappa shape index (κ3) is 8.09. The average Bonchev–Trinajstić information content (AvgIpc) is 2.78. The first-order valence-electron chi connectivity index (χ1n) is 11.4. The van der Waals surface area contributed by atoms with Gasteiger partial charge in [-0.25, -0.2) is 0 Å². The molecule has 12 heteroatoms. The van der Waals surface area contributed by atoms with Crippen molar-refractivity contribution < 1.29 is 42.0 Å². The maximum atomic E-state index is 13.6. The molecule has 2 N–H and O–H groups in total. The van der Waals surface area contributed by atoms with Gasteiger partial charge in [-0.15, -0.1) is 0 Å². The first kappa shape index (κ1) is 31.7. The molecule has 1 rings (SSSR count). The van der Waals surface area contributed by atoms with Crippen molar-refractivity contribution in [3.8, 4) is 0 Å². The lowest BCUT2D eigenvalue weighted by Gasteiger charge is -2.27. The SMILES string of the molecule is CCOP(=O)(Cc1c(C)c(CP(=O)(CCO)CCO)c(C)c(CP(=O)(OC)OC)c1C)OCC. The quantitative estimate of drug-likeness (QED) is 0.271. The van der Waals surface area contributed by atoms with E-state index in [-0.39, 0.29) is 57.2 Å². The van der Waals surface area contributed by atoms with E-state index in [1.807, 2.05) is 20.8 Å². The lowest BCUT2D eigenvalue weighted by molar-refractivity contribution is 0.219. The Labute approximate surface area is 204 Å². The van der Waals surface area contributed by atoms with Gasteiger partial charge in [0.1, 0.15) is 0 Å². The van der Waals surface area contributed by atoms with E-state index in [9.17, 15) is 23.9 Å².